The number of morpholine rings is 1. The number of amides is 1. The number of anilines is 1. The standard InChI is InChI=1S/C20H21N3O5S3/c1-3-23-18(24)15(30-20(23)29)12-16-21-17(19(28-16)22-8-10-27-11-9-22)31(25,26)14-6-4-13(2)5-7-14/h4-7,12H,3,8-11H2,1-2H3/b15-12-. The number of sulfone groups is 1. The minimum absolute atomic E-state index is 0.0452. The minimum atomic E-state index is -3.93. The second-order valence-corrected chi connectivity index (χ2v) is 10.5. The summed E-state index contributed by atoms with van der Waals surface area (Å²) in [5.74, 6) is -0.0450. The molecule has 4 rings (SSSR count). The van der Waals surface area contributed by atoms with E-state index >= 15 is 0 Å². The van der Waals surface area contributed by atoms with Gasteiger partial charge in [-0.25, -0.2) is 8.42 Å². The maximum absolute atomic E-state index is 13.4. The van der Waals surface area contributed by atoms with Gasteiger partial charge in [-0.2, -0.15) is 4.98 Å². The molecule has 0 atom stereocenters. The smallest absolute Gasteiger partial charge is 0.266 e. The van der Waals surface area contributed by atoms with E-state index in [1.54, 1.807) is 29.2 Å². The molecule has 0 radical (unpaired) electrons. The van der Waals surface area contributed by atoms with Gasteiger partial charge in [-0.3, -0.25) is 9.69 Å². The Kier molecular flexibility index (Phi) is 6.20. The maximum atomic E-state index is 13.4. The summed E-state index contributed by atoms with van der Waals surface area (Å²) >= 11 is 6.38. The summed E-state index contributed by atoms with van der Waals surface area (Å²) in [6, 6.07) is 6.57. The summed E-state index contributed by atoms with van der Waals surface area (Å²) in [6.45, 7) is 6.04. The molecule has 0 saturated carbocycles. The van der Waals surface area contributed by atoms with Gasteiger partial charge in [-0.15, -0.1) is 0 Å². The Morgan fingerprint density at radius 2 is 1.90 bits per heavy atom. The SMILES string of the molecule is CCN1C(=O)/C(=C/c2nc(S(=O)(=O)c3ccc(C)cc3)c(N3CCOCC3)o2)SC1=S. The first kappa shape index (κ1) is 22.0. The maximum Gasteiger partial charge on any atom is 0.266 e. The van der Waals surface area contributed by atoms with Crippen LogP contribution in [0.3, 0.4) is 0 Å². The second kappa shape index (κ2) is 8.73. The minimum Gasteiger partial charge on any atom is -0.420 e. The van der Waals surface area contributed by atoms with Crippen LogP contribution in [-0.2, 0) is 19.4 Å². The molecule has 31 heavy (non-hydrogen) atoms. The summed E-state index contributed by atoms with van der Waals surface area (Å²) < 4.78 is 38.4. The third kappa shape index (κ3) is 4.27. The van der Waals surface area contributed by atoms with Crippen LogP contribution < -0.4 is 4.90 Å². The highest BCUT2D eigenvalue weighted by molar-refractivity contribution is 8.26. The van der Waals surface area contributed by atoms with Gasteiger partial charge in [0.2, 0.25) is 26.6 Å². The van der Waals surface area contributed by atoms with Gasteiger partial charge < -0.3 is 14.1 Å². The normalized spacial score (nSPS) is 19.0. The predicted molar refractivity (Wildman–Crippen MR) is 122 cm³/mol. The van der Waals surface area contributed by atoms with Crippen molar-refractivity contribution < 1.29 is 22.4 Å². The van der Waals surface area contributed by atoms with E-state index in [4.69, 9.17) is 21.4 Å². The molecule has 8 nitrogen and oxygen atoms in total. The summed E-state index contributed by atoms with van der Waals surface area (Å²) in [6.07, 6.45) is 1.45. The number of aryl methyl sites for hydroxylation is 1. The third-order valence-electron chi connectivity index (χ3n) is 4.92. The highest BCUT2D eigenvalue weighted by atomic mass is 32.2. The van der Waals surface area contributed by atoms with E-state index in [9.17, 15) is 13.2 Å². The van der Waals surface area contributed by atoms with Crippen LogP contribution in [0.1, 0.15) is 18.4 Å². The Bertz CT molecular complexity index is 1150. The lowest BCUT2D eigenvalue weighted by Gasteiger charge is -2.26. The lowest BCUT2D eigenvalue weighted by Crippen LogP contribution is -2.36. The molecule has 1 aromatic heterocycles. The van der Waals surface area contributed by atoms with E-state index in [-0.39, 0.29) is 27.6 Å². The van der Waals surface area contributed by atoms with Crippen LogP contribution in [0.15, 0.2) is 43.5 Å². The van der Waals surface area contributed by atoms with Crippen LogP contribution in [0.4, 0.5) is 5.88 Å². The fourth-order valence-electron chi connectivity index (χ4n) is 3.23. The summed E-state index contributed by atoms with van der Waals surface area (Å²) in [5, 5.41) is -0.171. The molecule has 0 bridgehead atoms. The van der Waals surface area contributed by atoms with Crippen molar-refractivity contribution in [1.82, 2.24) is 9.88 Å². The number of aromatic nitrogens is 1. The van der Waals surface area contributed by atoms with Crippen molar-refractivity contribution in [3.8, 4) is 0 Å². The monoisotopic (exact) mass is 479 g/mol. The Morgan fingerprint density at radius 3 is 2.52 bits per heavy atom. The van der Waals surface area contributed by atoms with Crippen LogP contribution in [0, 0.1) is 6.92 Å². The van der Waals surface area contributed by atoms with Gasteiger partial charge in [0, 0.05) is 25.7 Å². The topological polar surface area (TPSA) is 93.0 Å². The lowest BCUT2D eigenvalue weighted by molar-refractivity contribution is -0.122. The molecule has 2 fully saturated rings. The number of rotatable bonds is 5. The van der Waals surface area contributed by atoms with Gasteiger partial charge in [-0.05, 0) is 26.0 Å². The Hall–Kier alpha value is -2.21. The number of ether oxygens (including phenoxy) is 1. The number of carbonyl (C=O) groups excluding carboxylic acids is 1. The van der Waals surface area contributed by atoms with Crippen molar-refractivity contribution in [2.45, 2.75) is 23.8 Å². The van der Waals surface area contributed by atoms with Crippen LogP contribution in [0.25, 0.3) is 6.08 Å². The highest BCUT2D eigenvalue weighted by Crippen LogP contribution is 2.35. The lowest BCUT2D eigenvalue weighted by atomic mass is 10.2. The second-order valence-electron chi connectivity index (χ2n) is 7.00. The van der Waals surface area contributed by atoms with Crippen LogP contribution in [0.5, 0.6) is 0 Å². The van der Waals surface area contributed by atoms with Crippen molar-refractivity contribution in [3.05, 3.63) is 40.6 Å². The number of hydrogen-bond donors (Lipinski definition) is 0. The molecule has 1 aromatic carbocycles. The van der Waals surface area contributed by atoms with E-state index < -0.39 is 9.84 Å². The van der Waals surface area contributed by atoms with Crippen LogP contribution >= 0.6 is 24.0 Å². The number of thiocarbonyl (C=S) groups is 1. The Morgan fingerprint density at radius 1 is 1.23 bits per heavy atom. The van der Waals surface area contributed by atoms with E-state index in [0.717, 1.165) is 17.3 Å². The first-order chi connectivity index (χ1) is 14.8. The van der Waals surface area contributed by atoms with Crippen molar-refractivity contribution in [1.29, 1.82) is 0 Å². The van der Waals surface area contributed by atoms with E-state index in [1.165, 1.54) is 11.0 Å². The number of oxazole rings is 1. The number of thioether (sulfide) groups is 1. The van der Waals surface area contributed by atoms with Crippen molar-refractivity contribution in [2.24, 2.45) is 0 Å². The Labute approximate surface area is 190 Å². The summed E-state index contributed by atoms with van der Waals surface area (Å²) in [5.41, 5.74) is 0.950. The number of nitrogens with zero attached hydrogens (tertiary/aromatic N) is 3. The van der Waals surface area contributed by atoms with E-state index in [0.29, 0.717) is 42.1 Å². The Balaban J connectivity index is 1.78. The van der Waals surface area contributed by atoms with E-state index in [2.05, 4.69) is 4.98 Å². The zero-order valence-electron chi connectivity index (χ0n) is 17.0. The molecule has 164 valence electrons. The quantitative estimate of drug-likeness (QED) is 0.474. The average molecular weight is 480 g/mol. The first-order valence-corrected chi connectivity index (χ1v) is 12.4. The van der Waals surface area contributed by atoms with Crippen molar-refractivity contribution in [2.75, 3.05) is 37.7 Å². The fourth-order valence-corrected chi connectivity index (χ4v) is 5.91. The zero-order chi connectivity index (χ0) is 22.2. The molecule has 2 aromatic rings. The number of carbonyl (C=O) groups is 1. The molecular weight excluding hydrogens is 458 g/mol. The molecular formula is C20H21N3O5S3. The number of likely N-dealkylation sites (N-methyl/N-ethyl adjacent to an activating group) is 1. The largest absolute Gasteiger partial charge is 0.420 e. The number of hydrogen-bond acceptors (Lipinski definition) is 9. The molecule has 0 unspecified atom stereocenters. The molecule has 2 aliphatic rings. The summed E-state index contributed by atoms with van der Waals surface area (Å²) in [4.78, 5) is 20.6. The molecule has 11 heteroatoms. The summed E-state index contributed by atoms with van der Waals surface area (Å²) in [7, 11) is -3.93. The van der Waals surface area contributed by atoms with Gasteiger partial charge in [0.05, 0.1) is 23.0 Å². The first-order valence-electron chi connectivity index (χ1n) is 9.72. The molecule has 2 aliphatic heterocycles. The van der Waals surface area contributed by atoms with Crippen LogP contribution in [0.2, 0.25) is 0 Å². The van der Waals surface area contributed by atoms with Gasteiger partial charge in [0.1, 0.15) is 4.32 Å². The van der Waals surface area contributed by atoms with Crippen molar-refractivity contribution in [3.63, 3.8) is 0 Å². The molecule has 0 aliphatic carbocycles. The van der Waals surface area contributed by atoms with Gasteiger partial charge >= 0.3 is 0 Å². The molecule has 1 amide bonds. The third-order valence-corrected chi connectivity index (χ3v) is 7.97. The van der Waals surface area contributed by atoms with Crippen molar-refractivity contribution >= 4 is 56.0 Å². The highest BCUT2D eigenvalue weighted by Gasteiger charge is 2.34. The van der Waals surface area contributed by atoms with Crippen LogP contribution in [-0.4, -0.2) is 61.4 Å². The fraction of sp³-hybridized carbons (Fsp3) is 0.350. The van der Waals surface area contributed by atoms with Gasteiger partial charge in [-0.1, -0.05) is 41.7 Å². The van der Waals surface area contributed by atoms with Gasteiger partial charge in [0.25, 0.3) is 5.91 Å². The number of benzene rings is 1. The van der Waals surface area contributed by atoms with Gasteiger partial charge in [0.15, 0.2) is 0 Å². The van der Waals surface area contributed by atoms with E-state index in [1.807, 2.05) is 13.8 Å². The zero-order valence-corrected chi connectivity index (χ0v) is 19.5. The molecule has 0 N–H and O–H groups in total. The molecule has 0 spiro atoms. The molecule has 3 heterocycles. The average Bonchev–Trinajstić information content (AvgIpc) is 3.30. The molecule has 2 saturated heterocycles. The predicted octanol–water partition coefficient (Wildman–Crippen LogP) is 2.87.